The van der Waals surface area contributed by atoms with E-state index in [1.54, 1.807) is 6.07 Å². The Morgan fingerprint density at radius 1 is 1.00 bits per heavy atom. The first-order valence-corrected chi connectivity index (χ1v) is 10.1. The fraction of sp³-hybridized carbons (Fsp3) is 0.208. The van der Waals surface area contributed by atoms with Crippen molar-refractivity contribution in [1.29, 1.82) is 0 Å². The van der Waals surface area contributed by atoms with Gasteiger partial charge in [-0.2, -0.15) is 0 Å². The first kappa shape index (κ1) is 19.6. The average Bonchev–Trinajstić information content (AvgIpc) is 3.16. The minimum Gasteiger partial charge on any atom is -0.361 e. The lowest BCUT2D eigenvalue weighted by Crippen LogP contribution is -2.31. The predicted octanol–water partition coefficient (Wildman–Crippen LogP) is 4.55. The molecule has 0 bridgehead atoms. The van der Waals surface area contributed by atoms with Crippen molar-refractivity contribution in [3.63, 3.8) is 0 Å². The molecule has 0 fully saturated rings. The number of nitrogens with one attached hydrogen (secondary N) is 2. The average molecular weight is 399 g/mol. The number of benzene rings is 2. The second kappa shape index (κ2) is 8.78. The first-order valence-electron chi connectivity index (χ1n) is 10.1. The van der Waals surface area contributed by atoms with Gasteiger partial charge in [0.1, 0.15) is 0 Å². The van der Waals surface area contributed by atoms with Crippen molar-refractivity contribution in [3.8, 4) is 0 Å². The molecule has 6 heteroatoms. The summed E-state index contributed by atoms with van der Waals surface area (Å²) in [5.41, 5.74) is 3.20. The third kappa shape index (κ3) is 4.49. The van der Waals surface area contributed by atoms with Crippen LogP contribution in [0.1, 0.15) is 25.0 Å². The standard InChI is InChI=1S/C24H25N5O/c1-17(2)29(16-18-8-4-3-5-9-18)23-13-12-22(27-28-23)26-24(30)14-19-15-25-21-11-7-6-10-20(19)21/h3-13,15,17,25H,14,16H2,1-2H3,(H,26,27,30). The molecule has 1 amide bonds. The smallest absolute Gasteiger partial charge is 0.230 e. The number of aromatic nitrogens is 3. The van der Waals surface area contributed by atoms with Crippen LogP contribution in [0.2, 0.25) is 0 Å². The number of rotatable bonds is 7. The molecule has 152 valence electrons. The Kier molecular flexibility index (Phi) is 5.75. The highest BCUT2D eigenvalue weighted by Crippen LogP contribution is 2.20. The molecule has 4 rings (SSSR count). The van der Waals surface area contributed by atoms with Gasteiger partial charge in [-0.25, -0.2) is 0 Å². The van der Waals surface area contributed by atoms with Crippen molar-refractivity contribution in [2.24, 2.45) is 0 Å². The van der Waals surface area contributed by atoms with E-state index in [0.29, 0.717) is 5.82 Å². The van der Waals surface area contributed by atoms with E-state index in [1.807, 2.05) is 54.7 Å². The van der Waals surface area contributed by atoms with Gasteiger partial charge in [0.2, 0.25) is 5.91 Å². The second-order valence-corrected chi connectivity index (χ2v) is 7.57. The molecule has 0 aliphatic rings. The van der Waals surface area contributed by atoms with E-state index < -0.39 is 0 Å². The molecular formula is C24H25N5O. The first-order chi connectivity index (χ1) is 14.6. The van der Waals surface area contributed by atoms with Gasteiger partial charge in [0.25, 0.3) is 0 Å². The maximum absolute atomic E-state index is 12.5. The zero-order valence-electron chi connectivity index (χ0n) is 17.2. The van der Waals surface area contributed by atoms with E-state index in [4.69, 9.17) is 0 Å². The molecule has 0 aliphatic carbocycles. The fourth-order valence-electron chi connectivity index (χ4n) is 3.49. The number of H-pyrrole nitrogens is 1. The Bertz CT molecular complexity index is 1120. The number of hydrogen-bond donors (Lipinski definition) is 2. The van der Waals surface area contributed by atoms with Crippen molar-refractivity contribution in [1.82, 2.24) is 15.2 Å². The fourth-order valence-corrected chi connectivity index (χ4v) is 3.49. The van der Waals surface area contributed by atoms with Gasteiger partial charge in [-0.05, 0) is 43.2 Å². The summed E-state index contributed by atoms with van der Waals surface area (Å²) in [5.74, 6) is 1.11. The summed E-state index contributed by atoms with van der Waals surface area (Å²) in [7, 11) is 0. The zero-order chi connectivity index (χ0) is 20.9. The Balaban J connectivity index is 1.42. The molecule has 2 heterocycles. The van der Waals surface area contributed by atoms with E-state index in [2.05, 4.69) is 51.4 Å². The molecule has 0 unspecified atom stereocenters. The molecule has 0 spiro atoms. The van der Waals surface area contributed by atoms with Gasteiger partial charge in [-0.3, -0.25) is 4.79 Å². The summed E-state index contributed by atoms with van der Waals surface area (Å²) in [5, 5.41) is 12.5. The van der Waals surface area contributed by atoms with Crippen molar-refractivity contribution in [2.75, 3.05) is 10.2 Å². The third-order valence-electron chi connectivity index (χ3n) is 5.06. The number of amides is 1. The molecule has 0 aliphatic heterocycles. The van der Waals surface area contributed by atoms with Gasteiger partial charge in [-0.15, -0.1) is 10.2 Å². The van der Waals surface area contributed by atoms with Crippen molar-refractivity contribution >= 4 is 28.4 Å². The second-order valence-electron chi connectivity index (χ2n) is 7.57. The molecule has 2 N–H and O–H groups in total. The van der Waals surface area contributed by atoms with E-state index in [1.165, 1.54) is 5.56 Å². The lowest BCUT2D eigenvalue weighted by atomic mass is 10.1. The molecule has 6 nitrogen and oxygen atoms in total. The quantitative estimate of drug-likeness (QED) is 0.478. The number of aromatic amines is 1. The van der Waals surface area contributed by atoms with Crippen molar-refractivity contribution < 1.29 is 4.79 Å². The minimum absolute atomic E-state index is 0.119. The van der Waals surface area contributed by atoms with Gasteiger partial charge >= 0.3 is 0 Å². The van der Waals surface area contributed by atoms with Crippen LogP contribution in [-0.2, 0) is 17.8 Å². The molecule has 0 radical (unpaired) electrons. The van der Waals surface area contributed by atoms with Crippen molar-refractivity contribution in [3.05, 3.63) is 84.1 Å². The summed E-state index contributed by atoms with van der Waals surface area (Å²) >= 11 is 0. The zero-order valence-corrected chi connectivity index (χ0v) is 17.2. The highest BCUT2D eigenvalue weighted by atomic mass is 16.1. The van der Waals surface area contributed by atoms with Crippen LogP contribution in [0.15, 0.2) is 72.9 Å². The highest BCUT2D eigenvalue weighted by Gasteiger charge is 2.14. The highest BCUT2D eigenvalue weighted by molar-refractivity contribution is 5.95. The summed E-state index contributed by atoms with van der Waals surface area (Å²) in [6, 6.07) is 22.2. The van der Waals surface area contributed by atoms with E-state index in [-0.39, 0.29) is 18.4 Å². The van der Waals surface area contributed by atoms with Crippen LogP contribution in [0.25, 0.3) is 10.9 Å². The van der Waals surface area contributed by atoms with Crippen LogP contribution in [0.5, 0.6) is 0 Å². The predicted molar refractivity (Wildman–Crippen MR) is 120 cm³/mol. The van der Waals surface area contributed by atoms with E-state index in [0.717, 1.165) is 28.8 Å². The van der Waals surface area contributed by atoms with E-state index >= 15 is 0 Å². The van der Waals surface area contributed by atoms with Gasteiger partial charge in [0, 0.05) is 29.7 Å². The maximum atomic E-state index is 12.5. The number of carbonyl (C=O) groups is 1. The summed E-state index contributed by atoms with van der Waals surface area (Å²) < 4.78 is 0. The Hall–Kier alpha value is -3.67. The Labute approximate surface area is 176 Å². The number of anilines is 2. The number of fused-ring (bicyclic) bond motifs is 1. The molecular weight excluding hydrogens is 374 g/mol. The van der Waals surface area contributed by atoms with Crippen LogP contribution in [0, 0.1) is 0 Å². The van der Waals surface area contributed by atoms with Crippen LogP contribution in [-0.4, -0.2) is 27.1 Å². The normalized spacial score (nSPS) is 11.0. The lowest BCUT2D eigenvalue weighted by Gasteiger charge is -2.27. The van der Waals surface area contributed by atoms with Crippen molar-refractivity contribution in [2.45, 2.75) is 32.9 Å². The van der Waals surface area contributed by atoms with Crippen LogP contribution < -0.4 is 10.2 Å². The van der Waals surface area contributed by atoms with Gasteiger partial charge in [0.15, 0.2) is 11.6 Å². The van der Waals surface area contributed by atoms with Gasteiger partial charge in [-0.1, -0.05) is 48.5 Å². The topological polar surface area (TPSA) is 73.9 Å². The SMILES string of the molecule is CC(C)N(Cc1ccccc1)c1ccc(NC(=O)Cc2c[nH]c3ccccc23)nn1. The van der Waals surface area contributed by atoms with Crippen LogP contribution >= 0.6 is 0 Å². The third-order valence-corrected chi connectivity index (χ3v) is 5.06. The number of para-hydroxylation sites is 1. The summed E-state index contributed by atoms with van der Waals surface area (Å²) in [6.45, 7) is 5.00. The van der Waals surface area contributed by atoms with E-state index in [9.17, 15) is 4.79 Å². The summed E-state index contributed by atoms with van der Waals surface area (Å²) in [6.07, 6.45) is 2.16. The largest absolute Gasteiger partial charge is 0.361 e. The van der Waals surface area contributed by atoms with Gasteiger partial charge in [0.05, 0.1) is 6.42 Å². The minimum atomic E-state index is -0.119. The Morgan fingerprint density at radius 2 is 1.77 bits per heavy atom. The monoisotopic (exact) mass is 399 g/mol. The molecule has 2 aromatic heterocycles. The number of nitrogens with zero attached hydrogens (tertiary/aromatic N) is 3. The number of carbonyl (C=O) groups excluding carboxylic acids is 1. The maximum Gasteiger partial charge on any atom is 0.230 e. The molecule has 2 aromatic carbocycles. The molecule has 0 saturated carbocycles. The Morgan fingerprint density at radius 3 is 2.50 bits per heavy atom. The summed E-state index contributed by atoms with van der Waals surface area (Å²) in [4.78, 5) is 17.9. The van der Waals surface area contributed by atoms with Crippen LogP contribution in [0.4, 0.5) is 11.6 Å². The lowest BCUT2D eigenvalue weighted by molar-refractivity contribution is -0.115. The number of hydrogen-bond acceptors (Lipinski definition) is 4. The van der Waals surface area contributed by atoms with Gasteiger partial charge < -0.3 is 15.2 Å². The molecule has 0 atom stereocenters. The van der Waals surface area contributed by atoms with Crippen LogP contribution in [0.3, 0.4) is 0 Å². The molecule has 30 heavy (non-hydrogen) atoms. The molecule has 0 saturated heterocycles. The molecule has 4 aromatic rings.